The Bertz CT molecular complexity index is 1340. The number of benzene rings is 2. The van der Waals surface area contributed by atoms with Crippen LogP contribution in [0.15, 0.2) is 59.6 Å². The zero-order valence-corrected chi connectivity index (χ0v) is 18.2. The Morgan fingerprint density at radius 2 is 1.77 bits per heavy atom. The van der Waals surface area contributed by atoms with Crippen molar-refractivity contribution in [3.63, 3.8) is 0 Å². The molecule has 0 saturated carbocycles. The van der Waals surface area contributed by atoms with Gasteiger partial charge >= 0.3 is 0 Å². The lowest BCUT2D eigenvalue weighted by atomic mass is 10.2. The molecule has 2 heterocycles. The van der Waals surface area contributed by atoms with E-state index in [2.05, 4.69) is 15.1 Å². The van der Waals surface area contributed by atoms with E-state index in [1.54, 1.807) is 23.0 Å². The maximum atomic E-state index is 11.6. The van der Waals surface area contributed by atoms with Crippen LogP contribution in [0.5, 0.6) is 5.75 Å². The second-order valence-electron chi connectivity index (χ2n) is 7.11. The molecule has 0 aliphatic heterocycles. The molecule has 2 aromatic heterocycles. The second kappa shape index (κ2) is 7.97. The summed E-state index contributed by atoms with van der Waals surface area (Å²) in [7, 11) is -1.89. The number of para-hydroxylation sites is 1. The van der Waals surface area contributed by atoms with Gasteiger partial charge in [-0.2, -0.15) is 0 Å². The molecule has 0 aliphatic carbocycles. The highest BCUT2D eigenvalue weighted by Crippen LogP contribution is 2.24. The Morgan fingerprint density at radius 3 is 2.39 bits per heavy atom. The van der Waals surface area contributed by atoms with E-state index in [-0.39, 0.29) is 11.5 Å². The average molecular weight is 439 g/mol. The number of aromatic nitrogens is 5. The van der Waals surface area contributed by atoms with Gasteiger partial charge in [0.15, 0.2) is 11.6 Å². The quantitative estimate of drug-likeness (QED) is 0.494. The highest BCUT2D eigenvalue weighted by atomic mass is 32.2. The number of nitrogens with zero attached hydrogens (tertiary/aromatic N) is 5. The minimum atomic E-state index is -3.78. The van der Waals surface area contributed by atoms with E-state index in [0.717, 1.165) is 22.8 Å². The molecule has 0 fully saturated rings. The van der Waals surface area contributed by atoms with Gasteiger partial charge in [-0.25, -0.2) is 28.2 Å². The van der Waals surface area contributed by atoms with Crippen molar-refractivity contribution in [3.8, 4) is 23.0 Å². The lowest BCUT2D eigenvalue weighted by Gasteiger charge is -2.07. The van der Waals surface area contributed by atoms with Gasteiger partial charge in [-0.1, -0.05) is 18.2 Å². The molecule has 0 radical (unpaired) electrons. The van der Waals surface area contributed by atoms with Gasteiger partial charge in [0.05, 0.1) is 16.8 Å². The molecule has 0 unspecified atom stereocenters. The van der Waals surface area contributed by atoms with E-state index < -0.39 is 10.0 Å². The first-order valence-electron chi connectivity index (χ1n) is 9.50. The molecule has 0 aliphatic rings. The summed E-state index contributed by atoms with van der Waals surface area (Å²) in [5.41, 5.74) is 2.42. The van der Waals surface area contributed by atoms with E-state index in [9.17, 15) is 8.42 Å². The van der Waals surface area contributed by atoms with E-state index in [1.807, 2.05) is 49.7 Å². The number of hydrogen-bond donors (Lipinski definition) is 1. The van der Waals surface area contributed by atoms with E-state index in [4.69, 9.17) is 9.88 Å². The Morgan fingerprint density at radius 1 is 1.06 bits per heavy atom. The summed E-state index contributed by atoms with van der Waals surface area (Å²) in [6, 6.07) is 13.9. The third-order valence-electron chi connectivity index (χ3n) is 4.96. The summed E-state index contributed by atoms with van der Waals surface area (Å²) in [6.45, 7) is 4.04. The topological polar surface area (TPSA) is 118 Å². The van der Waals surface area contributed by atoms with Crippen molar-refractivity contribution in [2.75, 3.05) is 0 Å². The van der Waals surface area contributed by atoms with Crippen LogP contribution in [-0.2, 0) is 23.7 Å². The fourth-order valence-electron chi connectivity index (χ4n) is 3.11. The Kier molecular flexibility index (Phi) is 5.34. The van der Waals surface area contributed by atoms with Crippen LogP contribution in [0.4, 0.5) is 0 Å². The number of nitrogens with two attached hydrogens (primary N) is 1. The monoisotopic (exact) mass is 438 g/mol. The van der Waals surface area contributed by atoms with Crippen molar-refractivity contribution in [2.24, 2.45) is 12.2 Å². The summed E-state index contributed by atoms with van der Waals surface area (Å²) >= 11 is 0. The van der Waals surface area contributed by atoms with Crippen molar-refractivity contribution < 1.29 is 13.2 Å². The number of imidazole rings is 1. The van der Waals surface area contributed by atoms with Crippen LogP contribution in [0.1, 0.15) is 17.2 Å². The molecular formula is C21H22N6O3S. The fourth-order valence-corrected chi connectivity index (χ4v) is 3.62. The molecular weight excluding hydrogens is 416 g/mol. The number of ether oxygens (including phenoxy) is 1. The molecule has 4 aromatic rings. The third-order valence-corrected chi connectivity index (χ3v) is 5.89. The van der Waals surface area contributed by atoms with Gasteiger partial charge in [0, 0.05) is 7.05 Å². The van der Waals surface area contributed by atoms with Crippen molar-refractivity contribution >= 4 is 10.0 Å². The van der Waals surface area contributed by atoms with Crippen LogP contribution in [0.25, 0.3) is 17.2 Å². The van der Waals surface area contributed by atoms with Crippen molar-refractivity contribution in [3.05, 3.63) is 71.9 Å². The zero-order chi connectivity index (χ0) is 22.2. The first kappa shape index (κ1) is 20.8. The summed E-state index contributed by atoms with van der Waals surface area (Å²) in [4.78, 5) is 9.04. The predicted molar refractivity (Wildman–Crippen MR) is 115 cm³/mol. The van der Waals surface area contributed by atoms with Crippen LogP contribution in [0.3, 0.4) is 0 Å². The normalized spacial score (nSPS) is 11.6. The van der Waals surface area contributed by atoms with Crippen LogP contribution in [-0.4, -0.2) is 32.7 Å². The van der Waals surface area contributed by atoms with Gasteiger partial charge in [-0.15, -0.1) is 5.10 Å². The van der Waals surface area contributed by atoms with Gasteiger partial charge in [0.2, 0.25) is 10.0 Å². The molecule has 9 nitrogen and oxygen atoms in total. The Labute approximate surface area is 180 Å². The second-order valence-corrected chi connectivity index (χ2v) is 8.67. The molecule has 0 saturated heterocycles. The Hall–Kier alpha value is -3.50. The van der Waals surface area contributed by atoms with Gasteiger partial charge in [-0.3, -0.25) is 0 Å². The van der Waals surface area contributed by atoms with Crippen LogP contribution >= 0.6 is 0 Å². The van der Waals surface area contributed by atoms with Crippen LogP contribution in [0, 0.1) is 13.8 Å². The smallest absolute Gasteiger partial charge is 0.238 e. The molecule has 0 amide bonds. The molecule has 10 heteroatoms. The lowest BCUT2D eigenvalue weighted by Crippen LogP contribution is -2.12. The fraction of sp³-hybridized carbons (Fsp3) is 0.190. The van der Waals surface area contributed by atoms with E-state index >= 15 is 0 Å². The highest BCUT2D eigenvalue weighted by molar-refractivity contribution is 7.89. The Balaban J connectivity index is 1.74. The van der Waals surface area contributed by atoms with Crippen LogP contribution in [0.2, 0.25) is 0 Å². The van der Waals surface area contributed by atoms with Crippen molar-refractivity contribution in [1.29, 1.82) is 0 Å². The van der Waals surface area contributed by atoms with E-state index in [0.29, 0.717) is 17.3 Å². The highest BCUT2D eigenvalue weighted by Gasteiger charge is 2.18. The molecule has 2 N–H and O–H groups in total. The minimum absolute atomic E-state index is 0.0254. The summed E-state index contributed by atoms with van der Waals surface area (Å²) in [5, 5.41) is 9.81. The number of aryl methyl sites for hydroxylation is 2. The summed E-state index contributed by atoms with van der Waals surface area (Å²) < 4.78 is 32.6. The minimum Gasteiger partial charge on any atom is -0.485 e. The predicted octanol–water partition coefficient (Wildman–Crippen LogP) is 2.51. The number of hydrogen-bond acceptors (Lipinski definition) is 6. The molecule has 0 atom stereocenters. The maximum absolute atomic E-state index is 11.6. The number of rotatable bonds is 6. The molecule has 2 aromatic carbocycles. The molecule has 0 spiro atoms. The van der Waals surface area contributed by atoms with Crippen LogP contribution < -0.4 is 9.88 Å². The number of sulfonamides is 1. The van der Waals surface area contributed by atoms with E-state index in [1.165, 1.54) is 12.1 Å². The van der Waals surface area contributed by atoms with Gasteiger partial charge in [-0.05, 0) is 49.7 Å². The third kappa shape index (κ3) is 4.21. The summed E-state index contributed by atoms with van der Waals surface area (Å²) in [5.74, 6) is 2.63. The SMILES string of the molecule is Cc1ccccc1OCc1nc(-c2cnc(C)n2C)n(-c2ccc(S(N)(=O)=O)cc2)n1. The van der Waals surface area contributed by atoms with Gasteiger partial charge < -0.3 is 9.30 Å². The molecule has 31 heavy (non-hydrogen) atoms. The standard InChI is InChI=1S/C21H22N6O3S/c1-14-6-4-5-7-19(14)30-13-20-24-21(18-12-23-15(2)26(18)3)27(25-20)16-8-10-17(11-9-16)31(22,28)29/h4-12H,13H2,1-3H3,(H2,22,28,29). The van der Waals surface area contributed by atoms with Crippen molar-refractivity contribution in [1.82, 2.24) is 24.3 Å². The largest absolute Gasteiger partial charge is 0.485 e. The maximum Gasteiger partial charge on any atom is 0.238 e. The lowest BCUT2D eigenvalue weighted by molar-refractivity contribution is 0.294. The number of primary sulfonamides is 1. The average Bonchev–Trinajstić information content (AvgIpc) is 3.30. The van der Waals surface area contributed by atoms with Crippen molar-refractivity contribution in [2.45, 2.75) is 25.3 Å². The molecule has 4 rings (SSSR count). The first-order chi connectivity index (χ1) is 14.7. The summed E-state index contributed by atoms with van der Waals surface area (Å²) in [6.07, 6.45) is 1.72. The van der Waals surface area contributed by atoms with Gasteiger partial charge in [0.25, 0.3) is 0 Å². The first-order valence-corrected chi connectivity index (χ1v) is 11.0. The zero-order valence-electron chi connectivity index (χ0n) is 17.3. The van der Waals surface area contributed by atoms with Gasteiger partial charge in [0.1, 0.15) is 23.9 Å². The molecule has 0 bridgehead atoms. The molecule has 160 valence electrons.